The Bertz CT molecular complexity index is 1340. The van der Waals surface area contributed by atoms with E-state index in [9.17, 15) is 4.79 Å². The smallest absolute Gasteiger partial charge is 0.246 e. The van der Waals surface area contributed by atoms with E-state index in [-0.39, 0.29) is 19.2 Å². The van der Waals surface area contributed by atoms with Crippen molar-refractivity contribution in [2.45, 2.75) is 6.54 Å². The third kappa shape index (κ3) is 4.15. The van der Waals surface area contributed by atoms with Crippen LogP contribution in [0.5, 0.6) is 34.6 Å². The van der Waals surface area contributed by atoms with E-state index < -0.39 is 0 Å². The first-order chi connectivity index (χ1) is 16.1. The summed E-state index contributed by atoms with van der Waals surface area (Å²) in [6.07, 6.45) is 4.50. The number of benzene rings is 2. The van der Waals surface area contributed by atoms with Crippen molar-refractivity contribution in [1.82, 2.24) is 19.7 Å². The van der Waals surface area contributed by atoms with E-state index in [4.69, 9.17) is 23.7 Å². The molecular weight excluding hydrogens is 430 g/mol. The SMILES string of the molecule is COc1cc2ncnc(Oc3cnn(CC(=O)Nc4ccc5c(c4)OCO5)c3)c2cc1OC. The summed E-state index contributed by atoms with van der Waals surface area (Å²) in [5.41, 5.74) is 1.23. The molecule has 5 rings (SSSR count). The van der Waals surface area contributed by atoms with Crippen LogP contribution in [-0.2, 0) is 11.3 Å². The zero-order valence-corrected chi connectivity index (χ0v) is 17.8. The summed E-state index contributed by atoms with van der Waals surface area (Å²) in [5, 5.41) is 7.64. The molecular formula is C22H19N5O6. The van der Waals surface area contributed by atoms with Gasteiger partial charge < -0.3 is 29.0 Å². The number of carbonyl (C=O) groups excluding carboxylic acids is 1. The van der Waals surface area contributed by atoms with Crippen LogP contribution < -0.4 is 29.0 Å². The van der Waals surface area contributed by atoms with Crippen molar-refractivity contribution in [3.63, 3.8) is 0 Å². The molecule has 168 valence electrons. The molecule has 11 heteroatoms. The molecule has 0 radical (unpaired) electrons. The molecule has 0 atom stereocenters. The summed E-state index contributed by atoms with van der Waals surface area (Å²) >= 11 is 0. The summed E-state index contributed by atoms with van der Waals surface area (Å²) in [6, 6.07) is 8.68. The molecule has 1 amide bonds. The zero-order valence-electron chi connectivity index (χ0n) is 17.8. The predicted octanol–water partition coefficient (Wildman–Crippen LogP) is 3.00. The number of amides is 1. The highest BCUT2D eigenvalue weighted by Gasteiger charge is 2.16. The normalized spacial score (nSPS) is 11.9. The van der Waals surface area contributed by atoms with E-state index in [1.54, 1.807) is 50.7 Å². The van der Waals surface area contributed by atoms with Crippen molar-refractivity contribution >= 4 is 22.5 Å². The molecule has 0 bridgehead atoms. The minimum absolute atomic E-state index is 0.00660. The number of aromatic nitrogens is 4. The van der Waals surface area contributed by atoms with Crippen molar-refractivity contribution in [3.05, 3.63) is 49.1 Å². The van der Waals surface area contributed by atoms with Crippen LogP contribution in [0.25, 0.3) is 10.9 Å². The number of ether oxygens (including phenoxy) is 5. The maximum atomic E-state index is 12.4. The van der Waals surface area contributed by atoms with Crippen LogP contribution in [-0.4, -0.2) is 46.7 Å². The second-order valence-electron chi connectivity index (χ2n) is 7.00. The van der Waals surface area contributed by atoms with Gasteiger partial charge in [0, 0.05) is 17.8 Å². The molecule has 1 aliphatic rings. The van der Waals surface area contributed by atoms with E-state index in [1.165, 1.54) is 17.2 Å². The van der Waals surface area contributed by atoms with Gasteiger partial charge >= 0.3 is 0 Å². The van der Waals surface area contributed by atoms with Crippen LogP contribution in [0, 0.1) is 0 Å². The zero-order chi connectivity index (χ0) is 22.8. The number of nitrogens with zero attached hydrogens (tertiary/aromatic N) is 4. The van der Waals surface area contributed by atoms with Gasteiger partial charge in [-0.1, -0.05) is 0 Å². The quantitative estimate of drug-likeness (QED) is 0.454. The number of anilines is 1. The average Bonchev–Trinajstić information content (AvgIpc) is 3.47. The molecule has 11 nitrogen and oxygen atoms in total. The first kappa shape index (κ1) is 20.4. The van der Waals surface area contributed by atoms with Crippen molar-refractivity contribution in [1.29, 1.82) is 0 Å². The molecule has 0 fully saturated rings. The maximum absolute atomic E-state index is 12.4. The van der Waals surface area contributed by atoms with Crippen LogP contribution in [0.15, 0.2) is 49.1 Å². The van der Waals surface area contributed by atoms with Gasteiger partial charge in [-0.05, 0) is 18.2 Å². The van der Waals surface area contributed by atoms with Crippen molar-refractivity contribution in [2.24, 2.45) is 0 Å². The summed E-state index contributed by atoms with van der Waals surface area (Å²) in [6.45, 7) is 0.165. The molecule has 0 spiro atoms. The fourth-order valence-electron chi connectivity index (χ4n) is 3.36. The predicted molar refractivity (Wildman–Crippen MR) is 116 cm³/mol. The molecule has 0 saturated carbocycles. The number of methoxy groups -OCH3 is 2. The van der Waals surface area contributed by atoms with Gasteiger partial charge in [-0.25, -0.2) is 9.97 Å². The van der Waals surface area contributed by atoms with E-state index in [0.717, 1.165) is 0 Å². The van der Waals surface area contributed by atoms with Crippen molar-refractivity contribution in [3.8, 4) is 34.6 Å². The molecule has 1 N–H and O–H groups in total. The third-order valence-corrected chi connectivity index (χ3v) is 4.89. The second-order valence-corrected chi connectivity index (χ2v) is 7.00. The number of fused-ring (bicyclic) bond motifs is 2. The van der Waals surface area contributed by atoms with Gasteiger partial charge in [0.25, 0.3) is 0 Å². The standard InChI is InChI=1S/C22H19N5O6/c1-29-18-6-15-16(7-19(18)30-2)23-11-24-22(15)33-14-8-25-27(9-14)10-21(28)26-13-3-4-17-20(5-13)32-12-31-17/h3-9,11H,10,12H2,1-2H3,(H,26,28). The molecule has 1 aliphatic heterocycles. The van der Waals surface area contributed by atoms with Gasteiger partial charge in [-0.15, -0.1) is 0 Å². The first-order valence-electron chi connectivity index (χ1n) is 9.89. The monoisotopic (exact) mass is 449 g/mol. The van der Waals surface area contributed by atoms with Gasteiger partial charge in [0.1, 0.15) is 12.9 Å². The Morgan fingerprint density at radius 1 is 1.09 bits per heavy atom. The van der Waals surface area contributed by atoms with E-state index >= 15 is 0 Å². The number of rotatable bonds is 7. The second kappa shape index (κ2) is 8.54. The summed E-state index contributed by atoms with van der Waals surface area (Å²) in [5.74, 6) is 2.80. The number of hydrogen-bond donors (Lipinski definition) is 1. The summed E-state index contributed by atoms with van der Waals surface area (Å²) in [7, 11) is 3.10. The average molecular weight is 449 g/mol. The molecule has 0 saturated heterocycles. The Hall–Kier alpha value is -4.54. The lowest BCUT2D eigenvalue weighted by atomic mass is 10.2. The van der Waals surface area contributed by atoms with Crippen LogP contribution in [0.2, 0.25) is 0 Å². The third-order valence-electron chi connectivity index (χ3n) is 4.89. The highest BCUT2D eigenvalue weighted by Crippen LogP contribution is 2.36. The highest BCUT2D eigenvalue weighted by molar-refractivity contribution is 5.91. The Labute approximate surface area is 187 Å². The van der Waals surface area contributed by atoms with Crippen LogP contribution >= 0.6 is 0 Å². The molecule has 0 aliphatic carbocycles. The lowest BCUT2D eigenvalue weighted by Crippen LogP contribution is -2.18. The number of nitrogens with one attached hydrogen (secondary N) is 1. The van der Waals surface area contributed by atoms with Gasteiger partial charge in [0.15, 0.2) is 28.7 Å². The molecule has 4 aromatic rings. The molecule has 3 heterocycles. The minimum Gasteiger partial charge on any atom is -0.493 e. The van der Waals surface area contributed by atoms with Crippen LogP contribution in [0.3, 0.4) is 0 Å². The van der Waals surface area contributed by atoms with Crippen molar-refractivity contribution < 1.29 is 28.5 Å². The van der Waals surface area contributed by atoms with Gasteiger partial charge in [0.2, 0.25) is 18.6 Å². The molecule has 0 unspecified atom stereocenters. The van der Waals surface area contributed by atoms with E-state index in [0.29, 0.717) is 51.2 Å². The Balaban J connectivity index is 1.29. The van der Waals surface area contributed by atoms with Gasteiger partial charge in [0.05, 0.1) is 37.5 Å². The molecule has 2 aromatic carbocycles. The molecule has 33 heavy (non-hydrogen) atoms. The Morgan fingerprint density at radius 3 is 2.76 bits per heavy atom. The van der Waals surface area contributed by atoms with Crippen LogP contribution in [0.4, 0.5) is 5.69 Å². The van der Waals surface area contributed by atoms with E-state index in [2.05, 4.69) is 20.4 Å². The fourth-order valence-corrected chi connectivity index (χ4v) is 3.36. The van der Waals surface area contributed by atoms with Crippen molar-refractivity contribution in [2.75, 3.05) is 26.3 Å². The Kier molecular flexibility index (Phi) is 5.27. The lowest BCUT2D eigenvalue weighted by Gasteiger charge is -2.10. The fraction of sp³-hybridized carbons (Fsp3) is 0.182. The lowest BCUT2D eigenvalue weighted by molar-refractivity contribution is -0.116. The number of hydrogen-bond acceptors (Lipinski definition) is 9. The highest BCUT2D eigenvalue weighted by atomic mass is 16.7. The van der Waals surface area contributed by atoms with Crippen LogP contribution in [0.1, 0.15) is 0 Å². The first-order valence-corrected chi connectivity index (χ1v) is 9.89. The minimum atomic E-state index is -0.257. The summed E-state index contributed by atoms with van der Waals surface area (Å²) < 4.78 is 28.6. The van der Waals surface area contributed by atoms with Gasteiger partial charge in [-0.3, -0.25) is 9.48 Å². The summed E-state index contributed by atoms with van der Waals surface area (Å²) in [4.78, 5) is 20.9. The molecule has 2 aromatic heterocycles. The number of carbonyl (C=O) groups is 1. The largest absolute Gasteiger partial charge is 0.493 e. The van der Waals surface area contributed by atoms with E-state index in [1.807, 2.05) is 0 Å². The Morgan fingerprint density at radius 2 is 1.91 bits per heavy atom. The maximum Gasteiger partial charge on any atom is 0.246 e. The van der Waals surface area contributed by atoms with Gasteiger partial charge in [-0.2, -0.15) is 5.10 Å². The topological polar surface area (TPSA) is 119 Å².